The first-order valence-electron chi connectivity index (χ1n) is 5.48. The third-order valence-corrected chi connectivity index (χ3v) is 2.28. The summed E-state index contributed by atoms with van der Waals surface area (Å²) in [4.78, 5) is 14.7. The Labute approximate surface area is 99.6 Å². The SMILES string of the molecule is CCOc1ccccc1NC(=O)c1ccc[nH]1. The van der Waals surface area contributed by atoms with Crippen LogP contribution in [0.4, 0.5) is 5.69 Å². The molecule has 0 aliphatic heterocycles. The zero-order chi connectivity index (χ0) is 12.1. The molecule has 2 aromatic rings. The standard InChI is InChI=1S/C13H14N2O2/c1-2-17-12-8-4-3-6-10(12)15-13(16)11-7-5-9-14-11/h3-9,14H,2H2,1H3,(H,15,16). The van der Waals surface area contributed by atoms with Crippen molar-refractivity contribution in [1.29, 1.82) is 0 Å². The van der Waals surface area contributed by atoms with E-state index >= 15 is 0 Å². The summed E-state index contributed by atoms with van der Waals surface area (Å²) in [7, 11) is 0. The summed E-state index contributed by atoms with van der Waals surface area (Å²) in [6.45, 7) is 2.47. The van der Waals surface area contributed by atoms with Crippen molar-refractivity contribution in [1.82, 2.24) is 4.98 Å². The molecule has 1 amide bonds. The fourth-order valence-corrected chi connectivity index (χ4v) is 1.51. The second kappa shape index (κ2) is 5.21. The van der Waals surface area contributed by atoms with E-state index in [2.05, 4.69) is 10.3 Å². The van der Waals surface area contributed by atoms with Crippen molar-refractivity contribution in [2.75, 3.05) is 11.9 Å². The molecule has 2 rings (SSSR count). The van der Waals surface area contributed by atoms with Crippen LogP contribution in [0.1, 0.15) is 17.4 Å². The number of nitrogens with one attached hydrogen (secondary N) is 2. The number of benzene rings is 1. The van der Waals surface area contributed by atoms with Crippen LogP contribution in [-0.4, -0.2) is 17.5 Å². The normalized spacial score (nSPS) is 9.94. The highest BCUT2D eigenvalue weighted by molar-refractivity contribution is 6.03. The summed E-state index contributed by atoms with van der Waals surface area (Å²) >= 11 is 0. The van der Waals surface area contributed by atoms with Crippen LogP contribution in [-0.2, 0) is 0 Å². The van der Waals surface area contributed by atoms with E-state index in [1.165, 1.54) is 0 Å². The zero-order valence-corrected chi connectivity index (χ0v) is 9.57. The highest BCUT2D eigenvalue weighted by Gasteiger charge is 2.09. The first-order chi connectivity index (χ1) is 8.31. The second-order valence-electron chi connectivity index (χ2n) is 3.47. The number of ether oxygens (including phenoxy) is 1. The third-order valence-electron chi connectivity index (χ3n) is 2.28. The number of carbonyl (C=O) groups is 1. The number of carbonyl (C=O) groups excluding carboxylic acids is 1. The number of anilines is 1. The first-order valence-corrected chi connectivity index (χ1v) is 5.48. The van der Waals surface area contributed by atoms with E-state index in [4.69, 9.17) is 4.74 Å². The van der Waals surface area contributed by atoms with E-state index in [-0.39, 0.29) is 5.91 Å². The highest BCUT2D eigenvalue weighted by Crippen LogP contribution is 2.23. The van der Waals surface area contributed by atoms with Gasteiger partial charge in [-0.05, 0) is 31.2 Å². The molecular weight excluding hydrogens is 216 g/mol. The number of hydrogen-bond donors (Lipinski definition) is 2. The van der Waals surface area contributed by atoms with Crippen LogP contribution >= 0.6 is 0 Å². The Morgan fingerprint density at radius 3 is 2.82 bits per heavy atom. The molecule has 1 heterocycles. The minimum Gasteiger partial charge on any atom is -0.492 e. The number of H-pyrrole nitrogens is 1. The molecule has 88 valence electrons. The molecule has 0 saturated carbocycles. The molecular formula is C13H14N2O2. The lowest BCUT2D eigenvalue weighted by Gasteiger charge is -2.10. The summed E-state index contributed by atoms with van der Waals surface area (Å²) in [6.07, 6.45) is 1.71. The van der Waals surface area contributed by atoms with Crippen molar-refractivity contribution < 1.29 is 9.53 Å². The molecule has 0 bridgehead atoms. The quantitative estimate of drug-likeness (QED) is 0.848. The molecule has 0 atom stereocenters. The van der Waals surface area contributed by atoms with E-state index in [1.807, 2.05) is 31.2 Å². The minimum absolute atomic E-state index is 0.179. The van der Waals surface area contributed by atoms with E-state index in [9.17, 15) is 4.79 Å². The molecule has 0 aliphatic rings. The predicted molar refractivity (Wildman–Crippen MR) is 66.4 cm³/mol. The van der Waals surface area contributed by atoms with Crippen LogP contribution in [0.3, 0.4) is 0 Å². The molecule has 0 radical (unpaired) electrons. The number of amides is 1. The molecule has 1 aromatic heterocycles. The van der Waals surface area contributed by atoms with Crippen molar-refractivity contribution in [3.63, 3.8) is 0 Å². The summed E-state index contributed by atoms with van der Waals surface area (Å²) in [5.41, 5.74) is 1.20. The maximum atomic E-state index is 11.8. The Hall–Kier alpha value is -2.23. The Morgan fingerprint density at radius 1 is 1.29 bits per heavy atom. The Kier molecular flexibility index (Phi) is 3.45. The highest BCUT2D eigenvalue weighted by atomic mass is 16.5. The van der Waals surface area contributed by atoms with Gasteiger partial charge >= 0.3 is 0 Å². The fourth-order valence-electron chi connectivity index (χ4n) is 1.51. The van der Waals surface area contributed by atoms with Gasteiger partial charge in [-0.25, -0.2) is 0 Å². The smallest absolute Gasteiger partial charge is 0.272 e. The van der Waals surface area contributed by atoms with Crippen LogP contribution in [0.15, 0.2) is 42.6 Å². The molecule has 4 nitrogen and oxygen atoms in total. The number of para-hydroxylation sites is 2. The average Bonchev–Trinajstić information content (AvgIpc) is 2.85. The van der Waals surface area contributed by atoms with E-state index in [1.54, 1.807) is 18.3 Å². The van der Waals surface area contributed by atoms with Gasteiger partial charge in [-0.15, -0.1) is 0 Å². The Bertz CT molecular complexity index is 492. The van der Waals surface area contributed by atoms with Crippen molar-refractivity contribution >= 4 is 11.6 Å². The summed E-state index contributed by atoms with van der Waals surface area (Å²) in [5.74, 6) is 0.497. The predicted octanol–water partition coefficient (Wildman–Crippen LogP) is 2.67. The summed E-state index contributed by atoms with van der Waals surface area (Å²) < 4.78 is 5.43. The lowest BCUT2D eigenvalue weighted by molar-refractivity contribution is 0.102. The van der Waals surface area contributed by atoms with Gasteiger partial charge in [0.05, 0.1) is 12.3 Å². The van der Waals surface area contributed by atoms with Gasteiger partial charge in [0.15, 0.2) is 0 Å². The topological polar surface area (TPSA) is 54.1 Å². The van der Waals surface area contributed by atoms with Gasteiger partial charge in [-0.1, -0.05) is 12.1 Å². The molecule has 4 heteroatoms. The lowest BCUT2D eigenvalue weighted by Crippen LogP contribution is -2.13. The third kappa shape index (κ3) is 2.66. The maximum absolute atomic E-state index is 11.8. The number of aromatic amines is 1. The van der Waals surface area contributed by atoms with Crippen molar-refractivity contribution in [2.45, 2.75) is 6.92 Å². The number of rotatable bonds is 4. The molecule has 2 N–H and O–H groups in total. The van der Waals surface area contributed by atoms with Crippen LogP contribution in [0.25, 0.3) is 0 Å². The maximum Gasteiger partial charge on any atom is 0.272 e. The number of hydrogen-bond acceptors (Lipinski definition) is 2. The van der Waals surface area contributed by atoms with Crippen molar-refractivity contribution in [3.05, 3.63) is 48.3 Å². The van der Waals surface area contributed by atoms with E-state index < -0.39 is 0 Å². The molecule has 0 unspecified atom stereocenters. The van der Waals surface area contributed by atoms with Gasteiger partial charge in [0.25, 0.3) is 5.91 Å². The minimum atomic E-state index is -0.179. The molecule has 17 heavy (non-hydrogen) atoms. The summed E-state index contributed by atoms with van der Waals surface area (Å²) in [6, 6.07) is 10.9. The van der Waals surface area contributed by atoms with Crippen molar-refractivity contribution in [3.8, 4) is 5.75 Å². The average molecular weight is 230 g/mol. The Balaban J connectivity index is 2.15. The van der Waals surface area contributed by atoms with Gasteiger partial charge in [-0.3, -0.25) is 4.79 Å². The molecule has 0 fully saturated rings. The van der Waals surface area contributed by atoms with Gasteiger partial charge < -0.3 is 15.0 Å². The molecule has 1 aromatic carbocycles. The molecule has 0 saturated heterocycles. The van der Waals surface area contributed by atoms with E-state index in [0.717, 1.165) is 0 Å². The largest absolute Gasteiger partial charge is 0.492 e. The van der Waals surface area contributed by atoms with E-state index in [0.29, 0.717) is 23.7 Å². The number of aromatic nitrogens is 1. The summed E-state index contributed by atoms with van der Waals surface area (Å²) in [5, 5.41) is 2.80. The van der Waals surface area contributed by atoms with Crippen molar-refractivity contribution in [2.24, 2.45) is 0 Å². The second-order valence-corrected chi connectivity index (χ2v) is 3.47. The monoisotopic (exact) mass is 230 g/mol. The lowest BCUT2D eigenvalue weighted by atomic mass is 10.3. The van der Waals surface area contributed by atoms with Crippen LogP contribution in [0.5, 0.6) is 5.75 Å². The van der Waals surface area contributed by atoms with Crippen LogP contribution in [0.2, 0.25) is 0 Å². The Morgan fingerprint density at radius 2 is 2.12 bits per heavy atom. The zero-order valence-electron chi connectivity index (χ0n) is 9.57. The van der Waals surface area contributed by atoms with Gasteiger partial charge in [0, 0.05) is 6.20 Å². The fraction of sp³-hybridized carbons (Fsp3) is 0.154. The first kappa shape index (κ1) is 11.3. The molecule has 0 aliphatic carbocycles. The van der Waals surface area contributed by atoms with Gasteiger partial charge in [-0.2, -0.15) is 0 Å². The van der Waals surface area contributed by atoms with Gasteiger partial charge in [0.2, 0.25) is 0 Å². The van der Waals surface area contributed by atoms with Crippen LogP contribution < -0.4 is 10.1 Å². The van der Waals surface area contributed by atoms with Crippen LogP contribution in [0, 0.1) is 0 Å². The van der Waals surface area contributed by atoms with Gasteiger partial charge in [0.1, 0.15) is 11.4 Å². The molecule has 0 spiro atoms.